The van der Waals surface area contributed by atoms with E-state index in [9.17, 15) is 9.59 Å². The highest BCUT2D eigenvalue weighted by molar-refractivity contribution is 8.16. The Kier molecular flexibility index (Phi) is 8.07. The molecular formula is C30H28N4O4S. The van der Waals surface area contributed by atoms with Crippen LogP contribution in [0, 0.1) is 0 Å². The summed E-state index contributed by atoms with van der Waals surface area (Å²) in [7, 11) is 1.61. The van der Waals surface area contributed by atoms with Crippen molar-refractivity contribution in [2.45, 2.75) is 25.9 Å². The lowest BCUT2D eigenvalue weighted by Crippen LogP contribution is -2.38. The van der Waals surface area contributed by atoms with Crippen molar-refractivity contribution >= 4 is 34.5 Å². The van der Waals surface area contributed by atoms with Crippen LogP contribution in [0.15, 0.2) is 101 Å². The molecule has 5 rings (SSSR count). The van der Waals surface area contributed by atoms with Crippen LogP contribution in [-0.4, -0.2) is 40.6 Å². The minimum absolute atomic E-state index is 0.126. The van der Waals surface area contributed by atoms with Gasteiger partial charge in [-0.15, -0.1) is 0 Å². The number of amides is 1. The molecule has 0 fully saturated rings. The number of pyridine rings is 1. The van der Waals surface area contributed by atoms with Crippen molar-refractivity contribution in [3.8, 4) is 5.75 Å². The molecule has 8 nitrogen and oxygen atoms in total. The largest absolute Gasteiger partial charge is 0.497 e. The van der Waals surface area contributed by atoms with Gasteiger partial charge in [-0.2, -0.15) is 0 Å². The summed E-state index contributed by atoms with van der Waals surface area (Å²) >= 11 is 1.44. The Morgan fingerprint density at radius 3 is 2.46 bits per heavy atom. The van der Waals surface area contributed by atoms with Gasteiger partial charge in [0.05, 0.1) is 37.4 Å². The molecule has 1 unspecified atom stereocenters. The number of amidine groups is 1. The normalized spacial score (nSPS) is 16.3. The molecule has 0 spiro atoms. The van der Waals surface area contributed by atoms with E-state index in [-0.39, 0.29) is 18.9 Å². The van der Waals surface area contributed by atoms with Gasteiger partial charge in [0.25, 0.3) is 0 Å². The fourth-order valence-electron chi connectivity index (χ4n) is 4.52. The molecule has 198 valence electrons. The van der Waals surface area contributed by atoms with Crippen LogP contribution < -0.4 is 10.1 Å². The standard InChI is InChI=1S/C30H28N4O4S/c1-3-38-29(36)26-27(21-7-5-4-6-8-21)33-30-34(28(26)22-9-11-24(37-2)12-10-22)23(19-39-30)17-25(35)32-18-20-13-15-31-16-14-20/h4-16,19,28H,3,17-18H2,1-2H3,(H,32,35). The summed E-state index contributed by atoms with van der Waals surface area (Å²) < 4.78 is 10.9. The molecule has 1 aromatic heterocycles. The van der Waals surface area contributed by atoms with Crippen molar-refractivity contribution in [2.75, 3.05) is 13.7 Å². The van der Waals surface area contributed by atoms with Gasteiger partial charge in [-0.3, -0.25) is 9.78 Å². The predicted octanol–water partition coefficient (Wildman–Crippen LogP) is 5.07. The zero-order valence-corrected chi connectivity index (χ0v) is 22.5. The maximum Gasteiger partial charge on any atom is 0.338 e. The van der Waals surface area contributed by atoms with E-state index < -0.39 is 12.0 Å². The third-order valence-electron chi connectivity index (χ3n) is 6.36. The Morgan fingerprint density at radius 1 is 1.03 bits per heavy atom. The van der Waals surface area contributed by atoms with Gasteiger partial charge >= 0.3 is 5.97 Å². The van der Waals surface area contributed by atoms with Crippen LogP contribution >= 0.6 is 11.8 Å². The Balaban J connectivity index is 1.53. The monoisotopic (exact) mass is 540 g/mol. The second-order valence-corrected chi connectivity index (χ2v) is 9.66. The molecule has 1 amide bonds. The smallest absolute Gasteiger partial charge is 0.338 e. The van der Waals surface area contributed by atoms with Crippen LogP contribution in [0.5, 0.6) is 5.75 Å². The van der Waals surface area contributed by atoms with Crippen molar-refractivity contribution in [3.63, 3.8) is 0 Å². The number of hydrogen-bond acceptors (Lipinski definition) is 8. The van der Waals surface area contributed by atoms with E-state index in [0.29, 0.717) is 28.7 Å². The maximum absolute atomic E-state index is 13.6. The van der Waals surface area contributed by atoms with E-state index in [4.69, 9.17) is 14.5 Å². The second-order valence-electron chi connectivity index (χ2n) is 8.82. The number of carbonyl (C=O) groups excluding carboxylic acids is 2. The second kappa shape index (κ2) is 12.0. The number of nitrogens with one attached hydrogen (secondary N) is 1. The first-order chi connectivity index (χ1) is 19.1. The van der Waals surface area contributed by atoms with Crippen molar-refractivity contribution in [1.29, 1.82) is 0 Å². The first-order valence-electron chi connectivity index (χ1n) is 12.6. The quantitative estimate of drug-likeness (QED) is 0.379. The average molecular weight is 541 g/mol. The van der Waals surface area contributed by atoms with E-state index in [2.05, 4.69) is 10.3 Å². The lowest BCUT2D eigenvalue weighted by Gasteiger charge is -2.36. The maximum atomic E-state index is 13.6. The number of fused-ring (bicyclic) bond motifs is 1. The molecule has 3 aromatic rings. The Labute approximate surface area is 231 Å². The van der Waals surface area contributed by atoms with Crippen LogP contribution in [0.1, 0.15) is 36.1 Å². The number of thioether (sulfide) groups is 1. The van der Waals surface area contributed by atoms with Crippen LogP contribution in [0.25, 0.3) is 5.70 Å². The van der Waals surface area contributed by atoms with Crippen molar-refractivity contribution in [2.24, 2.45) is 4.99 Å². The van der Waals surface area contributed by atoms with E-state index in [1.54, 1.807) is 26.4 Å². The zero-order chi connectivity index (χ0) is 27.2. The van der Waals surface area contributed by atoms with Crippen molar-refractivity contribution < 1.29 is 19.1 Å². The highest BCUT2D eigenvalue weighted by Gasteiger charge is 2.42. The number of benzene rings is 2. The van der Waals surface area contributed by atoms with Gasteiger partial charge < -0.3 is 19.7 Å². The number of nitrogens with zero attached hydrogens (tertiary/aromatic N) is 3. The number of carbonyl (C=O) groups is 2. The molecule has 2 aromatic carbocycles. The molecule has 3 heterocycles. The number of rotatable bonds is 9. The Morgan fingerprint density at radius 2 is 1.77 bits per heavy atom. The first-order valence-corrected chi connectivity index (χ1v) is 13.5. The number of aliphatic imine (C=N–C) groups is 1. The lowest BCUT2D eigenvalue weighted by atomic mass is 9.91. The van der Waals surface area contributed by atoms with Crippen LogP contribution in [-0.2, 0) is 20.9 Å². The van der Waals surface area contributed by atoms with Gasteiger partial charge in [0.2, 0.25) is 5.91 Å². The third-order valence-corrected chi connectivity index (χ3v) is 7.25. The van der Waals surface area contributed by atoms with Gasteiger partial charge in [-0.05, 0) is 47.7 Å². The van der Waals surface area contributed by atoms with Crippen LogP contribution in [0.2, 0.25) is 0 Å². The van der Waals surface area contributed by atoms with Gasteiger partial charge in [0.15, 0.2) is 5.17 Å². The molecule has 1 atom stereocenters. The summed E-state index contributed by atoms with van der Waals surface area (Å²) in [5.41, 5.74) is 4.36. The number of hydrogen-bond donors (Lipinski definition) is 1. The molecule has 0 saturated heterocycles. The predicted molar refractivity (Wildman–Crippen MR) is 151 cm³/mol. The molecule has 9 heteroatoms. The lowest BCUT2D eigenvalue weighted by molar-refractivity contribution is -0.139. The summed E-state index contributed by atoms with van der Waals surface area (Å²) in [6, 6.07) is 20.4. The minimum atomic E-state index is -0.549. The molecule has 39 heavy (non-hydrogen) atoms. The molecule has 0 radical (unpaired) electrons. The van der Waals surface area contributed by atoms with Gasteiger partial charge in [-0.25, -0.2) is 9.79 Å². The third kappa shape index (κ3) is 5.73. The van der Waals surface area contributed by atoms with Gasteiger partial charge in [-0.1, -0.05) is 54.2 Å². The summed E-state index contributed by atoms with van der Waals surface area (Å²) in [5, 5.41) is 5.60. The van der Waals surface area contributed by atoms with E-state index in [0.717, 1.165) is 22.4 Å². The molecule has 0 bridgehead atoms. The van der Waals surface area contributed by atoms with E-state index in [1.807, 2.05) is 77.0 Å². The molecule has 1 N–H and O–H groups in total. The topological polar surface area (TPSA) is 93.1 Å². The minimum Gasteiger partial charge on any atom is -0.497 e. The van der Waals surface area contributed by atoms with E-state index >= 15 is 0 Å². The Bertz CT molecular complexity index is 1440. The highest BCUT2D eigenvalue weighted by atomic mass is 32.2. The fourth-order valence-corrected chi connectivity index (χ4v) is 5.44. The van der Waals surface area contributed by atoms with Crippen LogP contribution in [0.3, 0.4) is 0 Å². The van der Waals surface area contributed by atoms with Crippen molar-refractivity contribution in [3.05, 3.63) is 112 Å². The van der Waals surface area contributed by atoms with Crippen LogP contribution in [0.4, 0.5) is 0 Å². The average Bonchev–Trinajstić information content (AvgIpc) is 3.38. The fraction of sp³-hybridized carbons (Fsp3) is 0.200. The van der Waals surface area contributed by atoms with Crippen molar-refractivity contribution in [1.82, 2.24) is 15.2 Å². The molecule has 2 aliphatic heterocycles. The Hall–Kier alpha value is -4.37. The number of aromatic nitrogens is 1. The molecule has 0 aliphatic carbocycles. The van der Waals surface area contributed by atoms with E-state index in [1.165, 1.54) is 11.8 Å². The zero-order valence-electron chi connectivity index (χ0n) is 21.7. The summed E-state index contributed by atoms with van der Waals surface area (Å²) in [6.45, 7) is 2.41. The molecular weight excluding hydrogens is 512 g/mol. The number of ether oxygens (including phenoxy) is 2. The summed E-state index contributed by atoms with van der Waals surface area (Å²) in [4.78, 5) is 37.5. The SMILES string of the molecule is CCOC(=O)C1=C(c2ccccc2)N=C2SC=C(CC(=O)NCc3ccncc3)N2C1c1ccc(OC)cc1. The van der Waals surface area contributed by atoms with Gasteiger partial charge in [0.1, 0.15) is 5.75 Å². The number of methoxy groups -OCH3 is 1. The molecule has 0 saturated carbocycles. The first kappa shape index (κ1) is 26.2. The number of esters is 1. The summed E-state index contributed by atoms with van der Waals surface area (Å²) in [5.74, 6) is 0.123. The summed E-state index contributed by atoms with van der Waals surface area (Å²) in [6.07, 6.45) is 3.52. The van der Waals surface area contributed by atoms with Gasteiger partial charge in [0, 0.05) is 30.2 Å². The molecule has 2 aliphatic rings. The highest BCUT2D eigenvalue weighted by Crippen LogP contribution is 2.47.